The van der Waals surface area contributed by atoms with Gasteiger partial charge in [0.15, 0.2) is 5.78 Å². The second kappa shape index (κ2) is 4.38. The van der Waals surface area contributed by atoms with E-state index in [0.717, 1.165) is 6.07 Å². The van der Waals surface area contributed by atoms with Crippen LogP contribution in [0.1, 0.15) is 17.3 Å². The van der Waals surface area contributed by atoms with E-state index >= 15 is 0 Å². The van der Waals surface area contributed by atoms with Crippen LogP contribution >= 0.6 is 22.6 Å². The van der Waals surface area contributed by atoms with Crippen LogP contribution in [-0.2, 0) is 0 Å². The zero-order chi connectivity index (χ0) is 11.6. The Morgan fingerprint density at radius 3 is 2.40 bits per heavy atom. The number of rotatable bonds is 2. The van der Waals surface area contributed by atoms with Crippen LogP contribution in [0.4, 0.5) is 13.2 Å². The Morgan fingerprint density at radius 2 is 2.00 bits per heavy atom. The molecule has 1 aromatic carbocycles. The van der Waals surface area contributed by atoms with Gasteiger partial charge in [0, 0.05) is 5.56 Å². The van der Waals surface area contributed by atoms with Crippen LogP contribution in [-0.4, -0.2) is 12.1 Å². The fraction of sp³-hybridized carbons (Fsp3) is 0.222. The molecule has 0 heterocycles. The third kappa shape index (κ3) is 3.69. The highest BCUT2D eigenvalue weighted by Crippen LogP contribution is 2.28. The molecule has 82 valence electrons. The van der Waals surface area contributed by atoms with Crippen molar-refractivity contribution in [3.63, 3.8) is 0 Å². The Balaban J connectivity index is 2.99. The highest BCUT2D eigenvalue weighted by atomic mass is 127. The van der Waals surface area contributed by atoms with Crippen molar-refractivity contribution in [2.45, 2.75) is 13.3 Å². The molecule has 0 aromatic heterocycles. The van der Waals surface area contributed by atoms with Gasteiger partial charge in [0.05, 0.1) is 3.57 Å². The number of halogens is 4. The smallest absolute Gasteiger partial charge is 0.405 e. The van der Waals surface area contributed by atoms with Crippen molar-refractivity contribution in [3.05, 3.63) is 27.3 Å². The largest absolute Gasteiger partial charge is 0.573 e. The molecule has 0 spiro atoms. The fourth-order valence-electron chi connectivity index (χ4n) is 0.927. The monoisotopic (exact) mass is 330 g/mol. The summed E-state index contributed by atoms with van der Waals surface area (Å²) in [4.78, 5) is 10.9. The van der Waals surface area contributed by atoms with E-state index in [1.807, 2.05) is 0 Å². The van der Waals surface area contributed by atoms with Crippen molar-refractivity contribution in [1.82, 2.24) is 0 Å². The standard InChI is InChI=1S/C9H6F3IO2/c1-5(14)6-2-3-8(7(13)4-6)15-9(10,11)12/h2-4H,1H3. The van der Waals surface area contributed by atoms with Crippen molar-refractivity contribution in [3.8, 4) is 5.75 Å². The predicted molar refractivity (Wildman–Crippen MR) is 55.8 cm³/mol. The SMILES string of the molecule is CC(=O)c1ccc(OC(F)(F)F)c(I)c1. The summed E-state index contributed by atoms with van der Waals surface area (Å²) >= 11 is 1.68. The maximum Gasteiger partial charge on any atom is 0.573 e. The zero-order valence-electron chi connectivity index (χ0n) is 7.56. The number of carbonyl (C=O) groups is 1. The fourth-order valence-corrected chi connectivity index (χ4v) is 1.55. The van der Waals surface area contributed by atoms with Crippen molar-refractivity contribution >= 4 is 28.4 Å². The molecule has 0 radical (unpaired) electrons. The van der Waals surface area contributed by atoms with Crippen molar-refractivity contribution in [2.75, 3.05) is 0 Å². The van der Waals surface area contributed by atoms with Gasteiger partial charge in [0.1, 0.15) is 5.75 Å². The van der Waals surface area contributed by atoms with E-state index in [1.54, 1.807) is 22.6 Å². The molecule has 0 bridgehead atoms. The Hall–Kier alpha value is -0.790. The summed E-state index contributed by atoms with van der Waals surface area (Å²) in [5, 5.41) is 0. The normalized spacial score (nSPS) is 11.3. The van der Waals surface area contributed by atoms with Crippen LogP contribution in [0.25, 0.3) is 0 Å². The third-order valence-electron chi connectivity index (χ3n) is 1.56. The van der Waals surface area contributed by atoms with Crippen LogP contribution < -0.4 is 4.74 Å². The van der Waals surface area contributed by atoms with Gasteiger partial charge in [-0.15, -0.1) is 13.2 Å². The molecule has 15 heavy (non-hydrogen) atoms. The average Bonchev–Trinajstić information content (AvgIpc) is 2.05. The molecule has 0 amide bonds. The second-order valence-electron chi connectivity index (χ2n) is 2.75. The summed E-state index contributed by atoms with van der Waals surface area (Å²) in [6, 6.07) is 3.78. The molecule has 0 aliphatic heterocycles. The van der Waals surface area contributed by atoms with Crippen molar-refractivity contribution in [1.29, 1.82) is 0 Å². The maximum absolute atomic E-state index is 11.9. The van der Waals surface area contributed by atoms with Gasteiger partial charge in [-0.2, -0.15) is 0 Å². The van der Waals surface area contributed by atoms with Gasteiger partial charge in [-0.05, 0) is 47.7 Å². The van der Waals surface area contributed by atoms with E-state index in [-0.39, 0.29) is 15.1 Å². The molecule has 0 fully saturated rings. The second-order valence-corrected chi connectivity index (χ2v) is 3.91. The van der Waals surface area contributed by atoms with Crippen LogP contribution in [0, 0.1) is 3.57 Å². The van der Waals surface area contributed by atoms with Crippen molar-refractivity contribution < 1.29 is 22.7 Å². The van der Waals surface area contributed by atoms with E-state index in [2.05, 4.69) is 4.74 Å². The summed E-state index contributed by atoms with van der Waals surface area (Å²) in [5.41, 5.74) is 0.355. The van der Waals surface area contributed by atoms with Crippen LogP contribution in [0.15, 0.2) is 18.2 Å². The molecule has 6 heteroatoms. The lowest BCUT2D eigenvalue weighted by Crippen LogP contribution is -2.17. The number of hydrogen-bond acceptors (Lipinski definition) is 2. The van der Waals surface area contributed by atoms with E-state index in [4.69, 9.17) is 0 Å². The molecule has 0 atom stereocenters. The Kier molecular flexibility index (Phi) is 3.58. The summed E-state index contributed by atoms with van der Waals surface area (Å²) in [7, 11) is 0. The van der Waals surface area contributed by atoms with Gasteiger partial charge < -0.3 is 4.74 Å². The minimum absolute atomic E-state index is 0.202. The van der Waals surface area contributed by atoms with Gasteiger partial charge in [-0.3, -0.25) is 4.79 Å². The van der Waals surface area contributed by atoms with Crippen molar-refractivity contribution in [2.24, 2.45) is 0 Å². The molecule has 1 rings (SSSR count). The molecular formula is C9H6F3IO2. The quantitative estimate of drug-likeness (QED) is 0.614. The number of carbonyl (C=O) groups excluding carboxylic acids is 1. The first-order valence-corrected chi connectivity index (χ1v) is 4.94. The molecule has 2 nitrogen and oxygen atoms in total. The molecule has 0 saturated carbocycles. The Bertz CT molecular complexity index is 387. The first-order valence-electron chi connectivity index (χ1n) is 3.86. The molecule has 0 saturated heterocycles. The molecular weight excluding hydrogens is 324 g/mol. The lowest BCUT2D eigenvalue weighted by Gasteiger charge is -2.10. The van der Waals surface area contributed by atoms with Gasteiger partial charge >= 0.3 is 6.36 Å². The van der Waals surface area contributed by atoms with Gasteiger partial charge in [-0.1, -0.05) is 0 Å². The van der Waals surface area contributed by atoms with E-state index in [1.165, 1.54) is 19.1 Å². The highest BCUT2D eigenvalue weighted by Gasteiger charge is 2.31. The minimum atomic E-state index is -4.71. The van der Waals surface area contributed by atoms with E-state index in [9.17, 15) is 18.0 Å². The predicted octanol–water partition coefficient (Wildman–Crippen LogP) is 3.39. The number of benzene rings is 1. The van der Waals surface area contributed by atoms with E-state index < -0.39 is 6.36 Å². The van der Waals surface area contributed by atoms with Crippen LogP contribution in [0.3, 0.4) is 0 Å². The average molecular weight is 330 g/mol. The highest BCUT2D eigenvalue weighted by molar-refractivity contribution is 14.1. The number of alkyl halides is 3. The number of hydrogen-bond donors (Lipinski definition) is 0. The zero-order valence-corrected chi connectivity index (χ0v) is 9.72. The lowest BCUT2D eigenvalue weighted by molar-refractivity contribution is -0.274. The Morgan fingerprint density at radius 1 is 1.40 bits per heavy atom. The van der Waals surface area contributed by atoms with Gasteiger partial charge in [0.25, 0.3) is 0 Å². The Labute approximate surface area is 97.6 Å². The number of ether oxygens (including phenoxy) is 1. The van der Waals surface area contributed by atoms with Gasteiger partial charge in [-0.25, -0.2) is 0 Å². The van der Waals surface area contributed by atoms with Gasteiger partial charge in [0.2, 0.25) is 0 Å². The van der Waals surface area contributed by atoms with E-state index in [0.29, 0.717) is 5.56 Å². The topological polar surface area (TPSA) is 26.3 Å². The summed E-state index contributed by atoms with van der Waals surface area (Å²) in [6.45, 7) is 1.34. The number of ketones is 1. The number of Topliss-reactive ketones (excluding diaryl/α,β-unsaturated/α-hetero) is 1. The van der Waals surface area contributed by atoms with Crippen LogP contribution in [0.5, 0.6) is 5.75 Å². The molecule has 0 aliphatic rings. The minimum Gasteiger partial charge on any atom is -0.405 e. The first kappa shape index (κ1) is 12.3. The third-order valence-corrected chi connectivity index (χ3v) is 2.41. The maximum atomic E-state index is 11.9. The van der Waals surface area contributed by atoms with Crippen LogP contribution in [0.2, 0.25) is 0 Å². The summed E-state index contributed by atoms with van der Waals surface area (Å²) in [6.07, 6.45) is -4.71. The molecule has 0 N–H and O–H groups in total. The molecule has 0 aliphatic carbocycles. The lowest BCUT2D eigenvalue weighted by atomic mass is 10.1. The first-order chi connectivity index (χ1) is 6.79. The summed E-state index contributed by atoms with van der Waals surface area (Å²) < 4.78 is 39.7. The molecule has 0 unspecified atom stereocenters. The summed E-state index contributed by atoms with van der Waals surface area (Å²) in [5.74, 6) is -0.500. The molecule has 1 aromatic rings.